The zero-order valence-electron chi connectivity index (χ0n) is 15.9. The molecule has 0 radical (unpaired) electrons. The summed E-state index contributed by atoms with van der Waals surface area (Å²) in [6.07, 6.45) is 1.41. The number of nitriles is 2. The lowest BCUT2D eigenvalue weighted by Crippen LogP contribution is -1.90. The molecule has 1 aromatic heterocycles. The number of hydrogen-bond donors (Lipinski definition) is 1. The number of anilines is 1. The number of hydrogen-bond acceptors (Lipinski definition) is 5. The highest BCUT2D eigenvalue weighted by molar-refractivity contribution is 7.19. The predicted molar refractivity (Wildman–Crippen MR) is 121 cm³/mol. The number of aromatic nitrogens is 1. The van der Waals surface area contributed by atoms with Crippen LogP contribution in [0.2, 0.25) is 0 Å². The first-order chi connectivity index (χ1) is 14.8. The van der Waals surface area contributed by atoms with Crippen molar-refractivity contribution in [1.29, 1.82) is 10.5 Å². The van der Waals surface area contributed by atoms with Gasteiger partial charge in [0, 0.05) is 23.0 Å². The van der Waals surface area contributed by atoms with E-state index in [0.29, 0.717) is 0 Å². The van der Waals surface area contributed by atoms with Crippen molar-refractivity contribution in [2.75, 3.05) is 5.32 Å². The largest absolute Gasteiger partial charge is 0.360 e. The summed E-state index contributed by atoms with van der Waals surface area (Å²) in [6, 6.07) is 31.9. The smallest absolute Gasteiger partial charge is 0.145 e. The molecule has 0 spiro atoms. The van der Waals surface area contributed by atoms with E-state index < -0.39 is 0 Å². The Kier molecular flexibility index (Phi) is 5.66. The van der Waals surface area contributed by atoms with Crippen LogP contribution in [-0.4, -0.2) is 4.98 Å². The highest BCUT2D eigenvalue weighted by Crippen LogP contribution is 2.40. The molecular formula is C25H16N4S. The molecule has 0 amide bonds. The zero-order chi connectivity index (χ0) is 20.8. The SMILES string of the molecule is N#CC(C#N)=CNc1cccc(-c2nc(-c3ccccc3)c(-c3ccccc3)s2)c1. The van der Waals surface area contributed by atoms with Crippen LogP contribution in [0.15, 0.2) is 96.7 Å². The molecule has 0 aliphatic heterocycles. The molecule has 5 heteroatoms. The predicted octanol–water partition coefficient (Wildman–Crippen LogP) is 6.49. The molecule has 4 rings (SSSR count). The maximum atomic E-state index is 8.90. The lowest BCUT2D eigenvalue weighted by Gasteiger charge is -2.03. The van der Waals surface area contributed by atoms with Gasteiger partial charge in [0.2, 0.25) is 0 Å². The van der Waals surface area contributed by atoms with E-state index in [4.69, 9.17) is 15.5 Å². The van der Waals surface area contributed by atoms with E-state index in [-0.39, 0.29) is 5.57 Å². The van der Waals surface area contributed by atoms with Crippen LogP contribution in [0.4, 0.5) is 5.69 Å². The van der Waals surface area contributed by atoms with Gasteiger partial charge in [-0.3, -0.25) is 0 Å². The molecule has 0 saturated carbocycles. The summed E-state index contributed by atoms with van der Waals surface area (Å²) in [4.78, 5) is 6.08. The summed E-state index contributed by atoms with van der Waals surface area (Å²) in [5.74, 6) is 0. The minimum atomic E-state index is 0.0207. The second-order valence-electron chi connectivity index (χ2n) is 6.44. The molecule has 4 aromatic rings. The third-order valence-corrected chi connectivity index (χ3v) is 5.60. The van der Waals surface area contributed by atoms with Gasteiger partial charge in [-0.15, -0.1) is 11.3 Å². The van der Waals surface area contributed by atoms with Crippen LogP contribution < -0.4 is 5.32 Å². The standard InChI is InChI=1S/C25H16N4S/c26-15-18(16-27)17-28-22-13-7-12-21(14-22)25-29-23(19-8-3-1-4-9-19)24(30-25)20-10-5-2-6-11-20/h1-14,17,28H. The van der Waals surface area contributed by atoms with Crippen LogP contribution in [0.1, 0.15) is 0 Å². The zero-order valence-corrected chi connectivity index (χ0v) is 16.7. The van der Waals surface area contributed by atoms with Crippen LogP contribution in [-0.2, 0) is 0 Å². The van der Waals surface area contributed by atoms with Crippen molar-refractivity contribution < 1.29 is 0 Å². The molecule has 3 aromatic carbocycles. The lowest BCUT2D eigenvalue weighted by molar-refractivity contribution is 1.40. The van der Waals surface area contributed by atoms with E-state index in [0.717, 1.165) is 38.0 Å². The van der Waals surface area contributed by atoms with Crippen molar-refractivity contribution in [2.45, 2.75) is 0 Å². The number of allylic oxidation sites excluding steroid dienone is 1. The van der Waals surface area contributed by atoms with Gasteiger partial charge in [0.15, 0.2) is 0 Å². The Morgan fingerprint density at radius 1 is 0.800 bits per heavy atom. The molecule has 142 valence electrons. The van der Waals surface area contributed by atoms with Crippen LogP contribution >= 0.6 is 11.3 Å². The van der Waals surface area contributed by atoms with Crippen molar-refractivity contribution in [2.24, 2.45) is 0 Å². The summed E-state index contributed by atoms with van der Waals surface area (Å²) in [5.41, 5.74) is 4.93. The summed E-state index contributed by atoms with van der Waals surface area (Å²) in [5, 5.41) is 21.7. The molecule has 4 nitrogen and oxygen atoms in total. The molecule has 0 fully saturated rings. The molecule has 0 unspecified atom stereocenters. The van der Waals surface area contributed by atoms with Gasteiger partial charge < -0.3 is 5.32 Å². The molecule has 0 saturated heterocycles. The van der Waals surface area contributed by atoms with Crippen LogP contribution in [0.25, 0.3) is 32.3 Å². The number of thiazole rings is 1. The average molecular weight is 404 g/mol. The third-order valence-electron chi connectivity index (χ3n) is 4.44. The highest BCUT2D eigenvalue weighted by atomic mass is 32.1. The Balaban J connectivity index is 1.77. The second kappa shape index (κ2) is 8.87. The second-order valence-corrected chi connectivity index (χ2v) is 7.43. The molecule has 0 aliphatic rings. The molecule has 0 aliphatic carbocycles. The lowest BCUT2D eigenvalue weighted by atomic mass is 10.1. The Morgan fingerprint density at radius 2 is 1.43 bits per heavy atom. The first kappa shape index (κ1) is 19.1. The van der Waals surface area contributed by atoms with E-state index in [1.54, 1.807) is 11.3 Å². The highest BCUT2D eigenvalue weighted by Gasteiger charge is 2.16. The van der Waals surface area contributed by atoms with Crippen LogP contribution in [0, 0.1) is 22.7 Å². The fraction of sp³-hybridized carbons (Fsp3) is 0. The monoisotopic (exact) mass is 404 g/mol. The fourth-order valence-electron chi connectivity index (χ4n) is 3.01. The van der Waals surface area contributed by atoms with Gasteiger partial charge in [0.25, 0.3) is 0 Å². The topological polar surface area (TPSA) is 72.5 Å². The summed E-state index contributed by atoms with van der Waals surface area (Å²) in [6.45, 7) is 0. The molecule has 0 atom stereocenters. The van der Waals surface area contributed by atoms with Gasteiger partial charge in [-0.25, -0.2) is 4.98 Å². The van der Waals surface area contributed by atoms with Crippen molar-refractivity contribution in [3.63, 3.8) is 0 Å². The molecule has 0 bridgehead atoms. The number of nitrogens with zero attached hydrogens (tertiary/aromatic N) is 3. The van der Waals surface area contributed by atoms with Gasteiger partial charge in [-0.2, -0.15) is 10.5 Å². The van der Waals surface area contributed by atoms with Crippen molar-refractivity contribution in [3.8, 4) is 44.4 Å². The van der Waals surface area contributed by atoms with E-state index >= 15 is 0 Å². The van der Waals surface area contributed by atoms with E-state index in [1.165, 1.54) is 6.20 Å². The fourth-order valence-corrected chi connectivity index (χ4v) is 4.10. The van der Waals surface area contributed by atoms with Gasteiger partial charge in [0.05, 0.1) is 10.6 Å². The third kappa shape index (κ3) is 4.12. The minimum absolute atomic E-state index is 0.0207. The van der Waals surface area contributed by atoms with Crippen LogP contribution in [0.5, 0.6) is 0 Å². The van der Waals surface area contributed by atoms with Crippen LogP contribution in [0.3, 0.4) is 0 Å². The first-order valence-corrected chi connectivity index (χ1v) is 10.1. The van der Waals surface area contributed by atoms with Gasteiger partial charge in [-0.1, -0.05) is 72.8 Å². The van der Waals surface area contributed by atoms with Gasteiger partial charge in [0.1, 0.15) is 22.7 Å². The normalized spacial score (nSPS) is 9.93. The molecule has 30 heavy (non-hydrogen) atoms. The number of rotatable bonds is 5. The summed E-state index contributed by atoms with van der Waals surface area (Å²) in [7, 11) is 0. The number of nitrogens with one attached hydrogen (secondary N) is 1. The first-order valence-electron chi connectivity index (χ1n) is 9.27. The van der Waals surface area contributed by atoms with E-state index in [2.05, 4.69) is 29.6 Å². The molecular weight excluding hydrogens is 388 g/mol. The van der Waals surface area contributed by atoms with Crippen molar-refractivity contribution in [1.82, 2.24) is 4.98 Å². The minimum Gasteiger partial charge on any atom is -0.360 e. The van der Waals surface area contributed by atoms with Gasteiger partial charge >= 0.3 is 0 Å². The van der Waals surface area contributed by atoms with E-state index in [1.807, 2.05) is 72.8 Å². The Labute approximate surface area is 179 Å². The van der Waals surface area contributed by atoms with Crippen molar-refractivity contribution in [3.05, 3.63) is 96.7 Å². The maximum absolute atomic E-state index is 8.90. The molecule has 1 heterocycles. The Bertz CT molecular complexity index is 1200. The van der Waals surface area contributed by atoms with Gasteiger partial charge in [-0.05, 0) is 17.7 Å². The number of benzene rings is 3. The van der Waals surface area contributed by atoms with E-state index in [9.17, 15) is 0 Å². The molecule has 1 N–H and O–H groups in total. The van der Waals surface area contributed by atoms with Crippen molar-refractivity contribution >= 4 is 17.0 Å². The summed E-state index contributed by atoms with van der Waals surface area (Å²) < 4.78 is 0. The summed E-state index contributed by atoms with van der Waals surface area (Å²) >= 11 is 1.64. The Morgan fingerprint density at radius 3 is 2.10 bits per heavy atom. The average Bonchev–Trinajstić information content (AvgIpc) is 3.27. The Hall–Kier alpha value is -4.19. The maximum Gasteiger partial charge on any atom is 0.145 e. The quantitative estimate of drug-likeness (QED) is 0.386.